The standard InChI is InChI=1S/C14H20F3N3O2/c1-10-11(9-18-19(10)2)8-12(21)20-6-3-4-13(22,5-7-20)14(15,16)17/h9,22H,3-8H2,1-2H3. The molecule has 0 saturated carbocycles. The summed E-state index contributed by atoms with van der Waals surface area (Å²) in [6.45, 7) is 1.98. The molecule has 1 aliphatic rings. The molecule has 0 bridgehead atoms. The van der Waals surface area contributed by atoms with Crippen LogP contribution in [-0.4, -0.2) is 50.6 Å². The number of amides is 1. The van der Waals surface area contributed by atoms with E-state index in [1.54, 1.807) is 17.9 Å². The number of rotatable bonds is 2. The maximum atomic E-state index is 12.9. The van der Waals surface area contributed by atoms with Crippen LogP contribution >= 0.6 is 0 Å². The van der Waals surface area contributed by atoms with Gasteiger partial charge in [-0.1, -0.05) is 0 Å². The van der Waals surface area contributed by atoms with Crippen LogP contribution in [0, 0.1) is 6.92 Å². The Kier molecular flexibility index (Phi) is 4.51. The van der Waals surface area contributed by atoms with E-state index in [4.69, 9.17) is 0 Å². The molecule has 2 rings (SSSR count). The fourth-order valence-corrected chi connectivity index (χ4v) is 2.64. The van der Waals surface area contributed by atoms with Crippen LogP contribution in [0.2, 0.25) is 0 Å². The molecule has 1 fully saturated rings. The third kappa shape index (κ3) is 3.26. The number of carbonyl (C=O) groups excluding carboxylic acids is 1. The lowest BCUT2D eigenvalue weighted by atomic mass is 9.94. The summed E-state index contributed by atoms with van der Waals surface area (Å²) < 4.78 is 40.3. The van der Waals surface area contributed by atoms with Crippen molar-refractivity contribution in [3.8, 4) is 0 Å². The molecule has 124 valence electrons. The molecule has 1 N–H and O–H groups in total. The van der Waals surface area contributed by atoms with Gasteiger partial charge in [0.1, 0.15) is 0 Å². The summed E-state index contributed by atoms with van der Waals surface area (Å²) in [7, 11) is 1.76. The van der Waals surface area contributed by atoms with Crippen molar-refractivity contribution in [1.82, 2.24) is 14.7 Å². The molecule has 1 aromatic rings. The molecule has 0 aliphatic carbocycles. The average Bonchev–Trinajstić information content (AvgIpc) is 2.65. The Morgan fingerprint density at radius 2 is 2.09 bits per heavy atom. The quantitative estimate of drug-likeness (QED) is 0.900. The van der Waals surface area contributed by atoms with Crippen LogP contribution in [0.1, 0.15) is 30.5 Å². The van der Waals surface area contributed by atoms with Crippen LogP contribution in [-0.2, 0) is 18.3 Å². The van der Waals surface area contributed by atoms with E-state index in [1.807, 2.05) is 6.92 Å². The van der Waals surface area contributed by atoms with Gasteiger partial charge in [0.15, 0.2) is 5.60 Å². The lowest BCUT2D eigenvalue weighted by Crippen LogP contribution is -2.46. The number of alkyl halides is 3. The lowest BCUT2D eigenvalue weighted by Gasteiger charge is -2.29. The molecular formula is C14H20F3N3O2. The van der Waals surface area contributed by atoms with Crippen LogP contribution in [0.25, 0.3) is 0 Å². The van der Waals surface area contributed by atoms with E-state index in [0.29, 0.717) is 0 Å². The third-order valence-corrected chi connectivity index (χ3v) is 4.37. The molecule has 0 spiro atoms. The summed E-state index contributed by atoms with van der Waals surface area (Å²) in [6.07, 6.45) is -3.67. The van der Waals surface area contributed by atoms with Crippen molar-refractivity contribution >= 4 is 5.91 Å². The Morgan fingerprint density at radius 3 is 2.64 bits per heavy atom. The van der Waals surface area contributed by atoms with Crippen LogP contribution in [0.3, 0.4) is 0 Å². The van der Waals surface area contributed by atoms with Crippen molar-refractivity contribution < 1.29 is 23.1 Å². The Hall–Kier alpha value is -1.57. The van der Waals surface area contributed by atoms with Crippen LogP contribution in [0.4, 0.5) is 13.2 Å². The fourth-order valence-electron chi connectivity index (χ4n) is 2.64. The highest BCUT2D eigenvalue weighted by Crippen LogP contribution is 2.38. The molecule has 22 heavy (non-hydrogen) atoms. The summed E-state index contributed by atoms with van der Waals surface area (Å²) in [6, 6.07) is 0. The maximum absolute atomic E-state index is 12.9. The van der Waals surface area contributed by atoms with Gasteiger partial charge in [-0.15, -0.1) is 0 Å². The maximum Gasteiger partial charge on any atom is 0.417 e. The smallest absolute Gasteiger partial charge is 0.380 e. The van der Waals surface area contributed by atoms with E-state index in [2.05, 4.69) is 5.10 Å². The summed E-state index contributed by atoms with van der Waals surface area (Å²) in [4.78, 5) is 13.7. The van der Waals surface area contributed by atoms with Gasteiger partial charge >= 0.3 is 6.18 Å². The lowest BCUT2D eigenvalue weighted by molar-refractivity contribution is -0.263. The molecule has 2 heterocycles. The number of nitrogens with zero attached hydrogens (tertiary/aromatic N) is 3. The van der Waals surface area contributed by atoms with Gasteiger partial charge in [0.25, 0.3) is 0 Å². The first-order valence-corrected chi connectivity index (χ1v) is 7.18. The molecule has 1 unspecified atom stereocenters. The molecular weight excluding hydrogens is 299 g/mol. The number of aliphatic hydroxyl groups is 1. The Labute approximate surface area is 126 Å². The average molecular weight is 319 g/mol. The number of aryl methyl sites for hydroxylation is 1. The topological polar surface area (TPSA) is 58.4 Å². The molecule has 1 amide bonds. The second-order valence-electron chi connectivity index (χ2n) is 5.82. The molecule has 8 heteroatoms. The van der Waals surface area contributed by atoms with Crippen molar-refractivity contribution in [3.63, 3.8) is 0 Å². The number of hydrogen-bond donors (Lipinski definition) is 1. The minimum absolute atomic E-state index is 0.0891. The van der Waals surface area contributed by atoms with E-state index < -0.39 is 18.2 Å². The SMILES string of the molecule is Cc1c(CC(=O)N2CCCC(O)(C(F)(F)F)CC2)cnn1C. The van der Waals surface area contributed by atoms with Gasteiger partial charge in [-0.25, -0.2) is 0 Å². The highest BCUT2D eigenvalue weighted by atomic mass is 19.4. The highest BCUT2D eigenvalue weighted by molar-refractivity contribution is 5.79. The van der Waals surface area contributed by atoms with Crippen LogP contribution < -0.4 is 0 Å². The van der Waals surface area contributed by atoms with E-state index in [-0.39, 0.29) is 38.3 Å². The summed E-state index contributed by atoms with van der Waals surface area (Å²) in [5.41, 5.74) is -1.07. The second kappa shape index (κ2) is 5.91. The zero-order valence-corrected chi connectivity index (χ0v) is 12.7. The van der Waals surface area contributed by atoms with E-state index >= 15 is 0 Å². The van der Waals surface area contributed by atoms with Crippen LogP contribution in [0.5, 0.6) is 0 Å². The number of hydrogen-bond acceptors (Lipinski definition) is 3. The van der Waals surface area contributed by atoms with Crippen molar-refractivity contribution in [1.29, 1.82) is 0 Å². The van der Waals surface area contributed by atoms with Gasteiger partial charge in [0.2, 0.25) is 5.91 Å². The summed E-state index contributed by atoms with van der Waals surface area (Å²) in [5, 5.41) is 13.8. The van der Waals surface area contributed by atoms with Gasteiger partial charge in [-0.2, -0.15) is 18.3 Å². The number of halogens is 3. The molecule has 1 aliphatic heterocycles. The van der Waals surface area contributed by atoms with E-state index in [1.165, 1.54) is 4.90 Å². The first kappa shape index (κ1) is 16.8. The van der Waals surface area contributed by atoms with Crippen molar-refractivity contribution in [2.75, 3.05) is 13.1 Å². The predicted molar refractivity (Wildman–Crippen MR) is 73.1 cm³/mol. The van der Waals surface area contributed by atoms with Crippen molar-refractivity contribution in [3.05, 3.63) is 17.5 Å². The first-order valence-electron chi connectivity index (χ1n) is 7.18. The number of likely N-dealkylation sites (tertiary alicyclic amines) is 1. The zero-order valence-electron chi connectivity index (χ0n) is 12.7. The van der Waals surface area contributed by atoms with Gasteiger partial charge in [0.05, 0.1) is 12.6 Å². The Morgan fingerprint density at radius 1 is 1.41 bits per heavy atom. The molecule has 0 aromatic carbocycles. The predicted octanol–water partition coefficient (Wildman–Crippen LogP) is 1.58. The van der Waals surface area contributed by atoms with Crippen molar-refractivity contribution in [2.24, 2.45) is 7.05 Å². The summed E-state index contributed by atoms with van der Waals surface area (Å²) >= 11 is 0. The van der Waals surface area contributed by atoms with Gasteiger partial charge in [0, 0.05) is 37.8 Å². The van der Waals surface area contributed by atoms with E-state index in [0.717, 1.165) is 11.3 Å². The third-order valence-electron chi connectivity index (χ3n) is 4.37. The minimum atomic E-state index is -4.66. The Bertz CT molecular complexity index is 556. The molecule has 1 saturated heterocycles. The second-order valence-corrected chi connectivity index (χ2v) is 5.82. The molecule has 0 radical (unpaired) electrons. The molecule has 5 nitrogen and oxygen atoms in total. The van der Waals surface area contributed by atoms with Gasteiger partial charge in [-0.3, -0.25) is 9.48 Å². The first-order chi connectivity index (χ1) is 10.1. The minimum Gasteiger partial charge on any atom is -0.380 e. The molecule has 1 atom stereocenters. The monoisotopic (exact) mass is 319 g/mol. The largest absolute Gasteiger partial charge is 0.417 e. The van der Waals surface area contributed by atoms with Crippen LogP contribution in [0.15, 0.2) is 6.20 Å². The highest BCUT2D eigenvalue weighted by Gasteiger charge is 2.53. The Balaban J connectivity index is 2.02. The van der Waals surface area contributed by atoms with Gasteiger partial charge < -0.3 is 10.0 Å². The fraction of sp³-hybridized carbons (Fsp3) is 0.714. The number of aromatic nitrogens is 2. The molecule has 1 aromatic heterocycles. The zero-order chi connectivity index (χ0) is 16.5. The summed E-state index contributed by atoms with van der Waals surface area (Å²) in [5.74, 6) is -0.234. The normalized spacial score (nSPS) is 23.5. The number of carbonyl (C=O) groups is 1. The van der Waals surface area contributed by atoms with E-state index in [9.17, 15) is 23.1 Å². The van der Waals surface area contributed by atoms with Crippen molar-refractivity contribution in [2.45, 2.75) is 44.4 Å². The van der Waals surface area contributed by atoms with Gasteiger partial charge in [-0.05, 0) is 19.8 Å².